The van der Waals surface area contributed by atoms with E-state index in [1.165, 1.54) is 0 Å². The van der Waals surface area contributed by atoms with E-state index >= 15 is 0 Å². The highest BCUT2D eigenvalue weighted by Crippen LogP contribution is 2.13. The Morgan fingerprint density at radius 1 is 1.35 bits per heavy atom. The number of piperidine rings is 1. The number of hydrogen-bond acceptors (Lipinski definition) is 2. The summed E-state index contributed by atoms with van der Waals surface area (Å²) in [5.74, 6) is 0. The van der Waals surface area contributed by atoms with Crippen LogP contribution in [0, 0.1) is 0 Å². The molecule has 0 atom stereocenters. The molecule has 1 rings (SSSR count). The van der Waals surface area contributed by atoms with Crippen LogP contribution in [-0.2, 0) is 0 Å². The van der Waals surface area contributed by atoms with Crippen molar-refractivity contribution in [3.8, 4) is 0 Å². The number of urea groups is 1. The minimum atomic E-state index is -0.157. The van der Waals surface area contributed by atoms with Crippen LogP contribution in [0.5, 0.6) is 0 Å². The Morgan fingerprint density at radius 3 is 2.41 bits per heavy atom. The van der Waals surface area contributed by atoms with E-state index in [1.807, 2.05) is 25.7 Å². The zero-order chi connectivity index (χ0) is 12.9. The monoisotopic (exact) mass is 241 g/mol. The minimum Gasteiger partial charge on any atom is -0.333 e. The molecule has 17 heavy (non-hydrogen) atoms. The summed E-state index contributed by atoms with van der Waals surface area (Å²) in [4.78, 5) is 14.3. The fourth-order valence-electron chi connectivity index (χ4n) is 2.20. The van der Waals surface area contributed by atoms with E-state index in [-0.39, 0.29) is 11.6 Å². The molecule has 0 aliphatic carbocycles. The first-order chi connectivity index (χ1) is 7.94. The molecule has 0 aromatic rings. The molecule has 1 aliphatic rings. The third kappa shape index (κ3) is 4.94. The Morgan fingerprint density at radius 2 is 1.94 bits per heavy atom. The van der Waals surface area contributed by atoms with Crippen molar-refractivity contribution in [1.29, 1.82) is 0 Å². The standard InChI is InChI=1S/C13H27N3O/c1-5-10-16(11-6-8-14-9-7-11)12(17)15-13(2,3)4/h11,14H,5-10H2,1-4H3,(H,15,17). The largest absolute Gasteiger partial charge is 0.333 e. The Labute approximate surface area is 105 Å². The number of nitrogens with zero attached hydrogens (tertiary/aromatic N) is 1. The zero-order valence-electron chi connectivity index (χ0n) is 11.7. The van der Waals surface area contributed by atoms with Crippen LogP contribution in [-0.4, -0.2) is 42.1 Å². The molecule has 0 saturated carbocycles. The van der Waals surface area contributed by atoms with Gasteiger partial charge in [0.2, 0.25) is 0 Å². The first kappa shape index (κ1) is 14.3. The average molecular weight is 241 g/mol. The van der Waals surface area contributed by atoms with Crippen LogP contribution in [0.3, 0.4) is 0 Å². The Hall–Kier alpha value is -0.770. The molecule has 0 unspecified atom stereocenters. The van der Waals surface area contributed by atoms with Gasteiger partial charge in [0, 0.05) is 18.1 Å². The summed E-state index contributed by atoms with van der Waals surface area (Å²) in [5, 5.41) is 6.41. The lowest BCUT2D eigenvalue weighted by Gasteiger charge is -2.36. The van der Waals surface area contributed by atoms with Gasteiger partial charge < -0.3 is 15.5 Å². The van der Waals surface area contributed by atoms with Crippen LogP contribution in [0.15, 0.2) is 0 Å². The number of hydrogen-bond donors (Lipinski definition) is 2. The number of amides is 2. The lowest BCUT2D eigenvalue weighted by molar-refractivity contribution is 0.151. The second kappa shape index (κ2) is 6.24. The predicted molar refractivity (Wildman–Crippen MR) is 71.2 cm³/mol. The summed E-state index contributed by atoms with van der Waals surface area (Å²) in [6.45, 7) is 11.1. The van der Waals surface area contributed by atoms with Gasteiger partial charge in [0.15, 0.2) is 0 Å². The molecule has 1 saturated heterocycles. The van der Waals surface area contributed by atoms with Crippen molar-refractivity contribution < 1.29 is 4.79 Å². The Balaban J connectivity index is 2.60. The number of nitrogens with one attached hydrogen (secondary N) is 2. The van der Waals surface area contributed by atoms with Crippen molar-refractivity contribution in [2.45, 2.75) is 58.5 Å². The molecule has 4 nitrogen and oxygen atoms in total. The molecule has 0 spiro atoms. The quantitative estimate of drug-likeness (QED) is 0.793. The van der Waals surface area contributed by atoms with E-state index in [0.717, 1.165) is 38.9 Å². The molecule has 2 N–H and O–H groups in total. The van der Waals surface area contributed by atoms with E-state index in [4.69, 9.17) is 0 Å². The maximum Gasteiger partial charge on any atom is 0.318 e. The van der Waals surface area contributed by atoms with Crippen molar-refractivity contribution in [3.05, 3.63) is 0 Å². The summed E-state index contributed by atoms with van der Waals surface area (Å²) >= 11 is 0. The van der Waals surface area contributed by atoms with Gasteiger partial charge in [-0.15, -0.1) is 0 Å². The molecule has 1 heterocycles. The van der Waals surface area contributed by atoms with Crippen molar-refractivity contribution in [1.82, 2.24) is 15.5 Å². The van der Waals surface area contributed by atoms with Gasteiger partial charge >= 0.3 is 6.03 Å². The summed E-state index contributed by atoms with van der Waals surface area (Å²) in [6.07, 6.45) is 3.15. The molecular weight excluding hydrogens is 214 g/mol. The fraction of sp³-hybridized carbons (Fsp3) is 0.923. The lowest BCUT2D eigenvalue weighted by Crippen LogP contribution is -2.54. The van der Waals surface area contributed by atoms with E-state index < -0.39 is 0 Å². The van der Waals surface area contributed by atoms with Crippen LogP contribution in [0.2, 0.25) is 0 Å². The average Bonchev–Trinajstić information content (AvgIpc) is 2.24. The molecule has 0 aromatic heterocycles. The zero-order valence-corrected chi connectivity index (χ0v) is 11.7. The van der Waals surface area contributed by atoms with Crippen molar-refractivity contribution >= 4 is 6.03 Å². The second-order valence-electron chi connectivity index (χ2n) is 5.85. The topological polar surface area (TPSA) is 44.4 Å². The molecule has 2 amide bonds. The smallest absolute Gasteiger partial charge is 0.318 e. The van der Waals surface area contributed by atoms with Crippen LogP contribution in [0.1, 0.15) is 47.0 Å². The van der Waals surface area contributed by atoms with Crippen LogP contribution < -0.4 is 10.6 Å². The van der Waals surface area contributed by atoms with E-state index in [1.54, 1.807) is 0 Å². The van der Waals surface area contributed by atoms with Gasteiger partial charge in [0.05, 0.1) is 0 Å². The van der Waals surface area contributed by atoms with Gasteiger partial charge in [-0.1, -0.05) is 6.92 Å². The van der Waals surface area contributed by atoms with E-state index in [2.05, 4.69) is 17.6 Å². The highest BCUT2D eigenvalue weighted by atomic mass is 16.2. The maximum atomic E-state index is 12.2. The summed E-state index contributed by atoms with van der Waals surface area (Å²) in [6, 6.07) is 0.491. The Kier molecular flexibility index (Phi) is 5.25. The molecule has 0 bridgehead atoms. The fourth-order valence-corrected chi connectivity index (χ4v) is 2.20. The van der Waals surface area contributed by atoms with Crippen molar-refractivity contribution in [3.63, 3.8) is 0 Å². The van der Waals surface area contributed by atoms with Crippen molar-refractivity contribution in [2.75, 3.05) is 19.6 Å². The van der Waals surface area contributed by atoms with E-state index in [9.17, 15) is 4.79 Å². The number of carbonyl (C=O) groups excluding carboxylic acids is 1. The summed E-state index contributed by atoms with van der Waals surface area (Å²) in [7, 11) is 0. The van der Waals surface area contributed by atoms with Crippen LogP contribution in [0.25, 0.3) is 0 Å². The van der Waals surface area contributed by atoms with Gasteiger partial charge in [-0.2, -0.15) is 0 Å². The van der Waals surface area contributed by atoms with Crippen LogP contribution >= 0.6 is 0 Å². The maximum absolute atomic E-state index is 12.2. The molecule has 100 valence electrons. The molecule has 0 aromatic carbocycles. The van der Waals surface area contributed by atoms with Gasteiger partial charge in [0.25, 0.3) is 0 Å². The van der Waals surface area contributed by atoms with Gasteiger partial charge in [-0.25, -0.2) is 4.79 Å². The summed E-state index contributed by atoms with van der Waals surface area (Å²) in [5.41, 5.74) is -0.157. The third-order valence-electron chi connectivity index (χ3n) is 2.96. The molecular formula is C13H27N3O. The second-order valence-corrected chi connectivity index (χ2v) is 5.85. The van der Waals surface area contributed by atoms with Gasteiger partial charge in [-0.3, -0.25) is 0 Å². The Bertz CT molecular complexity index is 242. The predicted octanol–water partition coefficient (Wildman–Crippen LogP) is 1.96. The van der Waals surface area contributed by atoms with Gasteiger partial charge in [0.1, 0.15) is 0 Å². The molecule has 1 aliphatic heterocycles. The highest BCUT2D eigenvalue weighted by molar-refractivity contribution is 5.75. The first-order valence-electron chi connectivity index (χ1n) is 6.73. The highest BCUT2D eigenvalue weighted by Gasteiger charge is 2.26. The van der Waals surface area contributed by atoms with E-state index in [0.29, 0.717) is 6.04 Å². The third-order valence-corrected chi connectivity index (χ3v) is 2.96. The molecule has 1 fully saturated rings. The normalized spacial score (nSPS) is 17.9. The first-order valence-corrected chi connectivity index (χ1v) is 6.73. The van der Waals surface area contributed by atoms with Crippen LogP contribution in [0.4, 0.5) is 4.79 Å². The minimum absolute atomic E-state index is 0.0891. The SMILES string of the molecule is CCCN(C(=O)NC(C)(C)C)C1CCNCC1. The van der Waals surface area contributed by atoms with Gasteiger partial charge in [-0.05, 0) is 53.1 Å². The summed E-state index contributed by atoms with van der Waals surface area (Å²) < 4.78 is 0. The number of carbonyl (C=O) groups is 1. The molecule has 0 radical (unpaired) electrons. The molecule has 4 heteroatoms. The lowest BCUT2D eigenvalue weighted by atomic mass is 10.0. The number of rotatable bonds is 3. The van der Waals surface area contributed by atoms with Crippen molar-refractivity contribution in [2.24, 2.45) is 0 Å².